The first-order valence-electron chi connectivity index (χ1n) is 14.4. The van der Waals surface area contributed by atoms with Crippen LogP contribution in [0.25, 0.3) is 56.1 Å². The first-order valence-corrected chi connectivity index (χ1v) is 22.5. The molecule has 0 atom stereocenters. The van der Waals surface area contributed by atoms with E-state index in [-0.39, 0.29) is 9.78 Å². The van der Waals surface area contributed by atoms with Gasteiger partial charge >= 0.3 is 0 Å². The first kappa shape index (κ1) is 35.4. The molecule has 0 amide bonds. The van der Waals surface area contributed by atoms with Crippen molar-refractivity contribution >= 4 is 107 Å². The fourth-order valence-electron chi connectivity index (χ4n) is 5.29. The summed E-state index contributed by atoms with van der Waals surface area (Å²) in [6.45, 7) is 3.78. The van der Waals surface area contributed by atoms with Crippen molar-refractivity contribution in [2.45, 2.75) is 13.8 Å². The molecule has 248 valence electrons. The lowest BCUT2D eigenvalue weighted by Gasteiger charge is -2.08. The number of halogens is 5. The summed E-state index contributed by atoms with van der Waals surface area (Å²) in [7, 11) is 1.64. The van der Waals surface area contributed by atoms with E-state index in [0.29, 0.717) is 32.9 Å². The van der Waals surface area contributed by atoms with E-state index in [1.807, 2.05) is 89.4 Å². The molecule has 0 fully saturated rings. The fourth-order valence-corrected chi connectivity index (χ4v) is 5.73. The van der Waals surface area contributed by atoms with Gasteiger partial charge in [0.2, 0.25) is 0 Å². The topological polar surface area (TPSA) is 116 Å². The molecule has 10 nitrogen and oxygen atoms in total. The highest BCUT2D eigenvalue weighted by molar-refractivity contribution is 9.93. The Balaban J connectivity index is 0.000000154. The molecule has 16 heteroatoms. The average Bonchev–Trinajstić information content (AvgIpc) is 3.72. The highest BCUT2D eigenvalue weighted by Crippen LogP contribution is 2.59. The van der Waals surface area contributed by atoms with Crippen molar-refractivity contribution in [3.8, 4) is 34.3 Å². The molecule has 0 aliphatic rings. The van der Waals surface area contributed by atoms with Crippen LogP contribution in [0.5, 0.6) is 11.5 Å². The van der Waals surface area contributed by atoms with Crippen LogP contribution in [0.15, 0.2) is 84.9 Å². The molecular formula is C33H24Br3Cl2N8O2P. The Morgan fingerprint density at radius 1 is 0.653 bits per heavy atom. The SMILES string of the molecule is BrP(Br)Br.COc1ccc2c(c1)nc(C)c1nnc(-c3ccccc3Cl)n12.Cc1nc2cc(O)ccc2n2c(-c3ccccc3Cl)nnc12. The molecule has 4 heterocycles. The third-order valence-electron chi connectivity index (χ3n) is 7.40. The van der Waals surface area contributed by atoms with Crippen molar-refractivity contribution in [1.82, 2.24) is 39.2 Å². The van der Waals surface area contributed by atoms with E-state index < -0.39 is 0 Å². The van der Waals surface area contributed by atoms with Crippen molar-refractivity contribution < 1.29 is 9.84 Å². The number of aromatic nitrogens is 8. The van der Waals surface area contributed by atoms with Crippen molar-refractivity contribution in [3.05, 3.63) is 106 Å². The second kappa shape index (κ2) is 15.2. The number of hydrogen-bond acceptors (Lipinski definition) is 8. The van der Waals surface area contributed by atoms with Gasteiger partial charge in [-0.05, 0) is 109 Å². The Bertz CT molecular complexity index is 2480. The standard InChI is InChI=1S/C17H13ClN4O.C16H11ClN4O.Br3P/c1-10-16-20-21-17(12-5-3-4-6-13(12)18)22(16)15-8-7-11(23-2)9-14(15)19-10;1-9-15-19-20-16(11-4-2-3-5-12(11)17)21(15)14-7-6-10(22)8-13(14)18-9;1-4(2)3/h3-9H,1-2H3;2-8,22H,1H3;. The summed E-state index contributed by atoms with van der Waals surface area (Å²) >= 11 is 22.1. The lowest BCUT2D eigenvalue weighted by atomic mass is 10.2. The predicted octanol–water partition coefficient (Wildman–Crippen LogP) is 10.9. The lowest BCUT2D eigenvalue weighted by Crippen LogP contribution is -1.98. The maximum Gasteiger partial charge on any atom is 0.183 e. The summed E-state index contributed by atoms with van der Waals surface area (Å²) in [5.41, 5.74) is 7.80. The monoisotopic (exact) mass is 902 g/mol. The minimum Gasteiger partial charge on any atom is -0.508 e. The van der Waals surface area contributed by atoms with E-state index in [9.17, 15) is 5.11 Å². The Morgan fingerprint density at radius 2 is 1.10 bits per heavy atom. The summed E-state index contributed by atoms with van der Waals surface area (Å²) in [5, 5.41) is 28.1. The Kier molecular flexibility index (Phi) is 11.0. The van der Waals surface area contributed by atoms with Gasteiger partial charge < -0.3 is 9.84 Å². The average molecular weight is 906 g/mol. The highest BCUT2D eigenvalue weighted by atomic mass is 80.0. The van der Waals surface area contributed by atoms with Gasteiger partial charge in [-0.15, -0.1) is 20.4 Å². The number of nitrogens with zero attached hydrogens (tertiary/aromatic N) is 8. The number of ether oxygens (including phenoxy) is 1. The zero-order chi connectivity index (χ0) is 34.8. The summed E-state index contributed by atoms with van der Waals surface area (Å²) in [5.74, 6) is 2.29. The van der Waals surface area contributed by atoms with Crippen molar-refractivity contribution in [3.63, 3.8) is 0 Å². The van der Waals surface area contributed by atoms with Gasteiger partial charge in [-0.2, -0.15) is 0 Å². The van der Waals surface area contributed by atoms with Crippen LogP contribution in [-0.4, -0.2) is 51.4 Å². The van der Waals surface area contributed by atoms with Crippen LogP contribution in [0, 0.1) is 13.8 Å². The molecule has 1 N–H and O–H groups in total. The minimum absolute atomic E-state index is 0.172. The maximum atomic E-state index is 9.67. The van der Waals surface area contributed by atoms with Crippen LogP contribution >= 0.6 is 73.7 Å². The highest BCUT2D eigenvalue weighted by Gasteiger charge is 2.18. The number of rotatable bonds is 3. The summed E-state index contributed by atoms with van der Waals surface area (Å²) in [6.07, 6.45) is 0. The van der Waals surface area contributed by atoms with E-state index in [1.54, 1.807) is 25.3 Å². The third kappa shape index (κ3) is 7.38. The van der Waals surface area contributed by atoms with Crippen molar-refractivity contribution in [2.75, 3.05) is 7.11 Å². The van der Waals surface area contributed by atoms with Gasteiger partial charge in [0.15, 0.2) is 22.9 Å². The molecule has 0 aliphatic carbocycles. The molecule has 0 saturated carbocycles. The quantitative estimate of drug-likeness (QED) is 0.174. The normalized spacial score (nSPS) is 11.1. The number of phenols is 1. The zero-order valence-electron chi connectivity index (χ0n) is 25.9. The van der Waals surface area contributed by atoms with E-state index in [4.69, 9.17) is 27.9 Å². The van der Waals surface area contributed by atoms with Crippen LogP contribution in [0.4, 0.5) is 0 Å². The Morgan fingerprint density at radius 3 is 1.57 bits per heavy atom. The molecule has 0 unspecified atom stereocenters. The molecule has 4 aromatic carbocycles. The van der Waals surface area contributed by atoms with E-state index in [0.717, 1.165) is 50.5 Å². The van der Waals surface area contributed by atoms with Crippen LogP contribution in [-0.2, 0) is 0 Å². The molecule has 0 radical (unpaired) electrons. The summed E-state index contributed by atoms with van der Waals surface area (Å²) in [4.78, 5) is 9.08. The van der Waals surface area contributed by atoms with Gasteiger partial charge in [0.1, 0.15) is 15.5 Å². The van der Waals surface area contributed by atoms with Gasteiger partial charge in [-0.3, -0.25) is 8.80 Å². The lowest BCUT2D eigenvalue weighted by molar-refractivity contribution is 0.415. The number of aromatic hydroxyl groups is 1. The maximum absolute atomic E-state index is 9.67. The first-order chi connectivity index (χ1) is 23.6. The number of methoxy groups -OCH3 is 1. The van der Waals surface area contributed by atoms with Gasteiger partial charge in [0.05, 0.1) is 50.6 Å². The van der Waals surface area contributed by atoms with Crippen LogP contribution < -0.4 is 4.74 Å². The summed E-state index contributed by atoms with van der Waals surface area (Å²) in [6, 6.07) is 25.9. The molecule has 49 heavy (non-hydrogen) atoms. The largest absolute Gasteiger partial charge is 0.508 e. The second-order valence-corrected chi connectivity index (χ2v) is 26.6. The number of hydrogen-bond donors (Lipinski definition) is 1. The van der Waals surface area contributed by atoms with Gasteiger partial charge in [-0.1, -0.05) is 47.5 Å². The van der Waals surface area contributed by atoms with Crippen molar-refractivity contribution in [2.24, 2.45) is 0 Å². The van der Waals surface area contributed by atoms with Crippen LogP contribution in [0.3, 0.4) is 0 Å². The molecule has 0 spiro atoms. The number of phenolic OH excluding ortho intramolecular Hbond substituents is 1. The van der Waals surface area contributed by atoms with Crippen LogP contribution in [0.1, 0.15) is 11.4 Å². The molecule has 0 saturated heterocycles. The second-order valence-electron chi connectivity index (χ2n) is 10.4. The number of benzene rings is 4. The molecule has 8 aromatic rings. The minimum atomic E-state index is -0.183. The molecule has 0 aliphatic heterocycles. The van der Waals surface area contributed by atoms with Gasteiger partial charge in [0, 0.05) is 23.3 Å². The fraction of sp³-hybridized carbons (Fsp3) is 0.0909. The van der Waals surface area contributed by atoms with Gasteiger partial charge in [-0.25, -0.2) is 9.97 Å². The van der Waals surface area contributed by atoms with E-state index in [2.05, 4.69) is 76.8 Å². The Labute approximate surface area is 315 Å². The third-order valence-corrected chi connectivity index (χ3v) is 8.06. The Hall–Kier alpha value is -3.45. The van der Waals surface area contributed by atoms with Crippen molar-refractivity contribution in [1.29, 1.82) is 0 Å². The summed E-state index contributed by atoms with van der Waals surface area (Å²) < 4.78 is 9.00. The van der Waals surface area contributed by atoms with Gasteiger partial charge in [0.25, 0.3) is 0 Å². The van der Waals surface area contributed by atoms with E-state index >= 15 is 0 Å². The number of fused-ring (bicyclic) bond motifs is 6. The zero-order valence-corrected chi connectivity index (χ0v) is 33.0. The molecule has 0 bridgehead atoms. The molecule has 8 rings (SSSR count). The number of aryl methyl sites for hydroxylation is 2. The smallest absolute Gasteiger partial charge is 0.183 e. The molecular weight excluding hydrogens is 882 g/mol. The van der Waals surface area contributed by atoms with Crippen LogP contribution in [0.2, 0.25) is 10.0 Å². The molecule has 4 aromatic heterocycles. The van der Waals surface area contributed by atoms with E-state index in [1.165, 1.54) is 0 Å². The predicted molar refractivity (Wildman–Crippen MR) is 209 cm³/mol.